The number of Topliss-reactive ketones (excluding diaryl/α,β-unsaturated/α-hetero) is 1. The summed E-state index contributed by atoms with van der Waals surface area (Å²) in [7, 11) is 0. The molecule has 0 spiro atoms. The number of ketones is 1. The van der Waals surface area contributed by atoms with Crippen molar-refractivity contribution in [2.24, 2.45) is 5.92 Å². The van der Waals surface area contributed by atoms with Crippen molar-refractivity contribution < 1.29 is 9.59 Å². The van der Waals surface area contributed by atoms with Gasteiger partial charge < -0.3 is 10.2 Å². The minimum absolute atomic E-state index is 0.0370. The molecule has 2 aliphatic heterocycles. The summed E-state index contributed by atoms with van der Waals surface area (Å²) < 4.78 is 2.03. The largest absolute Gasteiger partial charge is 0.336 e. The summed E-state index contributed by atoms with van der Waals surface area (Å²) in [5.41, 5.74) is 4.02. The summed E-state index contributed by atoms with van der Waals surface area (Å²) in [6.07, 6.45) is 12.3. The molecule has 3 aliphatic rings. The lowest BCUT2D eigenvalue weighted by atomic mass is 9.97. The van der Waals surface area contributed by atoms with Gasteiger partial charge in [-0.3, -0.25) is 14.3 Å². The van der Waals surface area contributed by atoms with E-state index >= 15 is 0 Å². The van der Waals surface area contributed by atoms with Gasteiger partial charge in [0.2, 0.25) is 11.9 Å². The number of amides is 1. The van der Waals surface area contributed by atoms with Crippen molar-refractivity contribution in [2.45, 2.75) is 76.4 Å². The van der Waals surface area contributed by atoms with Gasteiger partial charge in [0.05, 0.1) is 29.7 Å². The van der Waals surface area contributed by atoms with Crippen LogP contribution in [0.15, 0.2) is 42.9 Å². The standard InChI is InChI=1S/C29H31N7O2/c1-18-15-31-29(34-27(18)20-6-4-19(5-7-20)26(37)3-2-12-30)33-22-16-32-35(17-22)25-13-23-10-11-24(14-25)36(23)28(38)21-8-9-21/h4-7,15-17,21,23-25H,2-3,8-11,13-14H2,1H3,(H,31,33,34). The fraction of sp³-hybridized carbons (Fsp3) is 0.448. The molecule has 1 aliphatic carbocycles. The zero-order valence-corrected chi connectivity index (χ0v) is 21.5. The Balaban J connectivity index is 1.13. The highest BCUT2D eigenvalue weighted by molar-refractivity contribution is 5.96. The van der Waals surface area contributed by atoms with E-state index in [1.54, 1.807) is 24.5 Å². The quantitative estimate of drug-likeness (QED) is 0.426. The summed E-state index contributed by atoms with van der Waals surface area (Å²) in [5.74, 6) is 1.10. The number of hydrogen-bond acceptors (Lipinski definition) is 7. The molecule has 9 heteroatoms. The van der Waals surface area contributed by atoms with Gasteiger partial charge in [0, 0.05) is 54.4 Å². The maximum Gasteiger partial charge on any atom is 0.227 e. The number of hydrogen-bond donors (Lipinski definition) is 1. The van der Waals surface area contributed by atoms with Gasteiger partial charge in [0.1, 0.15) is 0 Å². The minimum Gasteiger partial charge on any atom is -0.336 e. The zero-order valence-electron chi connectivity index (χ0n) is 21.5. The molecule has 1 saturated carbocycles. The third-order valence-electron chi connectivity index (χ3n) is 8.04. The van der Waals surface area contributed by atoms with Gasteiger partial charge in [-0.05, 0) is 51.0 Å². The van der Waals surface area contributed by atoms with E-state index in [2.05, 4.69) is 20.3 Å². The van der Waals surface area contributed by atoms with Crippen molar-refractivity contribution in [3.63, 3.8) is 0 Å². The van der Waals surface area contributed by atoms with Crippen LogP contribution in [0.2, 0.25) is 0 Å². The predicted octanol–water partition coefficient (Wildman–Crippen LogP) is 4.98. The monoisotopic (exact) mass is 509 g/mol. The normalized spacial score (nSPS) is 22.2. The van der Waals surface area contributed by atoms with Crippen LogP contribution >= 0.6 is 0 Å². The molecule has 3 aromatic rings. The van der Waals surface area contributed by atoms with Crippen LogP contribution < -0.4 is 5.32 Å². The predicted molar refractivity (Wildman–Crippen MR) is 142 cm³/mol. The van der Waals surface area contributed by atoms with E-state index in [9.17, 15) is 9.59 Å². The molecule has 4 heterocycles. The maximum atomic E-state index is 12.8. The average Bonchev–Trinajstić information content (AvgIpc) is 3.63. The Hall–Kier alpha value is -4.06. The third kappa shape index (κ3) is 4.78. The number of piperidine rings is 1. The van der Waals surface area contributed by atoms with Gasteiger partial charge in [0.15, 0.2) is 5.78 Å². The fourth-order valence-corrected chi connectivity index (χ4v) is 5.92. The van der Waals surface area contributed by atoms with Crippen LogP contribution in [0.3, 0.4) is 0 Å². The first-order valence-corrected chi connectivity index (χ1v) is 13.5. The van der Waals surface area contributed by atoms with Gasteiger partial charge in [-0.15, -0.1) is 0 Å². The second kappa shape index (κ2) is 10.0. The van der Waals surface area contributed by atoms with Crippen molar-refractivity contribution in [1.29, 1.82) is 5.26 Å². The number of rotatable bonds is 8. The third-order valence-corrected chi connectivity index (χ3v) is 8.04. The number of nitrogens with zero attached hydrogens (tertiary/aromatic N) is 6. The highest BCUT2D eigenvalue weighted by Gasteiger charge is 2.47. The number of nitriles is 1. The van der Waals surface area contributed by atoms with Crippen molar-refractivity contribution in [1.82, 2.24) is 24.6 Å². The van der Waals surface area contributed by atoms with Crippen molar-refractivity contribution in [3.8, 4) is 17.3 Å². The first-order chi connectivity index (χ1) is 18.5. The molecule has 1 N–H and O–H groups in total. The molecule has 2 unspecified atom stereocenters. The lowest BCUT2D eigenvalue weighted by molar-refractivity contribution is -0.137. The van der Waals surface area contributed by atoms with Gasteiger partial charge in [-0.2, -0.15) is 10.4 Å². The summed E-state index contributed by atoms with van der Waals surface area (Å²) in [6, 6.07) is 10.3. The number of benzene rings is 1. The smallest absolute Gasteiger partial charge is 0.227 e. The highest BCUT2D eigenvalue weighted by atomic mass is 16.2. The molecule has 2 bridgehead atoms. The van der Waals surface area contributed by atoms with E-state index in [1.165, 1.54) is 0 Å². The molecule has 2 saturated heterocycles. The SMILES string of the molecule is Cc1cnc(Nc2cnn(C3CC4CCC(C3)N4C(=O)C3CC3)c2)nc1-c1ccc(C(=O)CCC#N)cc1. The maximum absolute atomic E-state index is 12.8. The Morgan fingerprint density at radius 3 is 2.47 bits per heavy atom. The van der Waals surface area contributed by atoms with E-state index in [0.29, 0.717) is 29.5 Å². The fourth-order valence-electron chi connectivity index (χ4n) is 5.92. The van der Waals surface area contributed by atoms with Crippen LogP contribution in [0.5, 0.6) is 0 Å². The number of carbonyl (C=O) groups is 2. The van der Waals surface area contributed by atoms with E-state index in [-0.39, 0.29) is 30.6 Å². The van der Waals surface area contributed by atoms with Crippen molar-refractivity contribution in [2.75, 3.05) is 5.32 Å². The first kappa shape index (κ1) is 24.3. The van der Waals surface area contributed by atoms with Crippen LogP contribution in [-0.2, 0) is 4.79 Å². The Labute approximate surface area is 221 Å². The highest BCUT2D eigenvalue weighted by Crippen LogP contribution is 2.44. The number of anilines is 2. The minimum atomic E-state index is -0.0370. The molecule has 9 nitrogen and oxygen atoms in total. The van der Waals surface area contributed by atoms with Crippen LogP contribution in [0.4, 0.5) is 11.6 Å². The molecule has 38 heavy (non-hydrogen) atoms. The molecular weight excluding hydrogens is 478 g/mol. The Bertz CT molecular complexity index is 1390. The van der Waals surface area contributed by atoms with Gasteiger partial charge >= 0.3 is 0 Å². The van der Waals surface area contributed by atoms with E-state index < -0.39 is 0 Å². The van der Waals surface area contributed by atoms with Gasteiger partial charge in [-0.1, -0.05) is 24.3 Å². The summed E-state index contributed by atoms with van der Waals surface area (Å²) in [6.45, 7) is 1.96. The zero-order chi connectivity index (χ0) is 26.2. The molecular formula is C29H31N7O2. The van der Waals surface area contributed by atoms with Crippen LogP contribution in [0, 0.1) is 24.2 Å². The molecule has 3 fully saturated rings. The van der Waals surface area contributed by atoms with E-state index in [4.69, 9.17) is 10.2 Å². The average molecular weight is 510 g/mol. The number of aryl methyl sites for hydroxylation is 1. The van der Waals surface area contributed by atoms with Crippen LogP contribution in [-0.4, -0.2) is 48.4 Å². The van der Waals surface area contributed by atoms with Crippen LogP contribution in [0.1, 0.15) is 73.3 Å². The van der Waals surface area contributed by atoms with Gasteiger partial charge in [-0.25, -0.2) is 9.97 Å². The Morgan fingerprint density at radius 2 is 1.79 bits per heavy atom. The number of nitrogens with one attached hydrogen (secondary N) is 1. The summed E-state index contributed by atoms with van der Waals surface area (Å²) in [4.78, 5) is 36.4. The van der Waals surface area contributed by atoms with Gasteiger partial charge in [0.25, 0.3) is 0 Å². The number of fused-ring (bicyclic) bond motifs is 2. The molecule has 0 radical (unpaired) electrons. The lowest BCUT2D eigenvalue weighted by Gasteiger charge is -2.39. The molecule has 2 atom stereocenters. The first-order valence-electron chi connectivity index (χ1n) is 13.5. The van der Waals surface area contributed by atoms with Crippen molar-refractivity contribution in [3.05, 3.63) is 54.0 Å². The Kier molecular flexibility index (Phi) is 6.40. The molecule has 1 aromatic carbocycles. The molecule has 1 amide bonds. The van der Waals surface area contributed by atoms with Crippen LogP contribution in [0.25, 0.3) is 11.3 Å². The van der Waals surface area contributed by atoms with E-state index in [1.807, 2.05) is 36.0 Å². The summed E-state index contributed by atoms with van der Waals surface area (Å²) >= 11 is 0. The van der Waals surface area contributed by atoms with E-state index in [0.717, 1.165) is 61.0 Å². The number of aromatic nitrogens is 4. The Morgan fingerprint density at radius 1 is 1.05 bits per heavy atom. The summed E-state index contributed by atoms with van der Waals surface area (Å²) in [5, 5.41) is 16.6. The second-order valence-corrected chi connectivity index (χ2v) is 10.7. The molecule has 6 rings (SSSR count). The topological polar surface area (TPSA) is 117 Å². The van der Waals surface area contributed by atoms with Crippen molar-refractivity contribution >= 4 is 23.3 Å². The molecule has 194 valence electrons. The lowest BCUT2D eigenvalue weighted by Crippen LogP contribution is -2.47. The molecule has 2 aromatic heterocycles. The second-order valence-electron chi connectivity index (χ2n) is 10.7. The number of carbonyl (C=O) groups excluding carboxylic acids is 2.